The summed E-state index contributed by atoms with van der Waals surface area (Å²) in [4.78, 5) is 12.3. The van der Waals surface area contributed by atoms with Gasteiger partial charge in [-0.1, -0.05) is 24.3 Å². The van der Waals surface area contributed by atoms with Crippen molar-refractivity contribution in [2.24, 2.45) is 0 Å². The van der Waals surface area contributed by atoms with E-state index in [0.29, 0.717) is 17.8 Å². The molecule has 0 spiro atoms. The number of carbonyl (C=O) groups excluding carboxylic acids is 1. The lowest BCUT2D eigenvalue weighted by Gasteiger charge is -2.19. The highest BCUT2D eigenvalue weighted by molar-refractivity contribution is 7.98. The van der Waals surface area contributed by atoms with Crippen molar-refractivity contribution in [2.45, 2.75) is 19.6 Å². The molecule has 2 aromatic rings. The highest BCUT2D eigenvalue weighted by Gasteiger charge is 2.15. The van der Waals surface area contributed by atoms with Gasteiger partial charge in [0.05, 0.1) is 11.9 Å². The lowest BCUT2D eigenvalue weighted by atomic mass is 10.1. The number of benzene rings is 2. The minimum Gasteiger partial charge on any atom is -0.351 e. The van der Waals surface area contributed by atoms with Crippen LogP contribution in [0.4, 0.5) is 5.69 Å². The number of hydrogen-bond donors (Lipinski definition) is 1. The lowest BCUT2D eigenvalue weighted by Crippen LogP contribution is -2.27. The van der Waals surface area contributed by atoms with Crippen LogP contribution in [0.5, 0.6) is 0 Å². The first-order chi connectivity index (χ1) is 12.7. The van der Waals surface area contributed by atoms with Crippen molar-refractivity contribution in [3.8, 4) is 0 Å². The monoisotopic (exact) mass is 406 g/mol. The highest BCUT2D eigenvalue weighted by atomic mass is 32.2. The third-order valence-corrected chi connectivity index (χ3v) is 6.55. The van der Waals surface area contributed by atoms with Gasteiger partial charge in [-0.15, -0.1) is 0 Å². The van der Waals surface area contributed by atoms with Gasteiger partial charge in [0, 0.05) is 30.7 Å². The first-order valence-corrected chi connectivity index (χ1v) is 11.7. The first kappa shape index (κ1) is 21.3. The van der Waals surface area contributed by atoms with Crippen molar-refractivity contribution in [1.29, 1.82) is 0 Å². The predicted molar refractivity (Wildman–Crippen MR) is 114 cm³/mol. The number of amides is 1. The van der Waals surface area contributed by atoms with E-state index in [-0.39, 0.29) is 5.91 Å². The Hall–Kier alpha value is -1.99. The van der Waals surface area contributed by atoms with Gasteiger partial charge < -0.3 is 5.32 Å². The Bertz CT molecular complexity index is 911. The number of nitrogens with zero attached hydrogens (tertiary/aromatic N) is 1. The third kappa shape index (κ3) is 6.01. The molecule has 0 aliphatic rings. The normalized spacial score (nSPS) is 11.3. The second-order valence-corrected chi connectivity index (χ2v) is 9.59. The minimum absolute atomic E-state index is 0.150. The molecule has 7 heteroatoms. The van der Waals surface area contributed by atoms with Gasteiger partial charge in [-0.2, -0.15) is 11.8 Å². The van der Waals surface area contributed by atoms with Gasteiger partial charge in [-0.3, -0.25) is 9.10 Å². The van der Waals surface area contributed by atoms with Gasteiger partial charge in [0.25, 0.3) is 5.91 Å². The van der Waals surface area contributed by atoms with Crippen LogP contribution in [0.15, 0.2) is 42.5 Å². The van der Waals surface area contributed by atoms with Crippen molar-refractivity contribution in [3.63, 3.8) is 0 Å². The highest BCUT2D eigenvalue weighted by Crippen LogP contribution is 2.22. The maximum atomic E-state index is 12.3. The lowest BCUT2D eigenvalue weighted by molar-refractivity contribution is 0.0956. The molecule has 1 N–H and O–H groups in total. The number of thioether (sulfide) groups is 1. The SMILES string of the molecule is Cc1ccccc1CSCCNC(=O)c1ccc(N(C)S(C)(=O)=O)c(C)c1. The molecule has 0 unspecified atom stereocenters. The molecule has 0 heterocycles. The molecular weight excluding hydrogens is 380 g/mol. The van der Waals surface area contributed by atoms with Gasteiger partial charge in [0.1, 0.15) is 0 Å². The summed E-state index contributed by atoms with van der Waals surface area (Å²) < 4.78 is 24.6. The van der Waals surface area contributed by atoms with Crippen LogP contribution < -0.4 is 9.62 Å². The van der Waals surface area contributed by atoms with Crippen molar-refractivity contribution in [2.75, 3.05) is 29.9 Å². The molecule has 0 saturated carbocycles. The number of nitrogens with one attached hydrogen (secondary N) is 1. The molecule has 146 valence electrons. The summed E-state index contributed by atoms with van der Waals surface area (Å²) in [6, 6.07) is 13.3. The van der Waals surface area contributed by atoms with Crippen LogP contribution in [0.1, 0.15) is 27.0 Å². The van der Waals surface area contributed by atoms with E-state index in [4.69, 9.17) is 0 Å². The van der Waals surface area contributed by atoms with E-state index < -0.39 is 10.0 Å². The van der Waals surface area contributed by atoms with Crippen LogP contribution in [0, 0.1) is 13.8 Å². The number of aryl methyl sites for hydroxylation is 2. The van der Waals surface area contributed by atoms with Crippen LogP contribution in [0.25, 0.3) is 0 Å². The molecule has 1 amide bonds. The Kier molecular flexibility index (Phi) is 7.33. The van der Waals surface area contributed by atoms with E-state index in [1.807, 2.05) is 12.1 Å². The topological polar surface area (TPSA) is 66.5 Å². The molecule has 0 aliphatic carbocycles. The molecule has 5 nitrogen and oxygen atoms in total. The molecule has 0 aromatic heterocycles. The summed E-state index contributed by atoms with van der Waals surface area (Å²) in [6.45, 7) is 4.48. The van der Waals surface area contributed by atoms with Gasteiger partial charge in [-0.25, -0.2) is 8.42 Å². The molecule has 2 rings (SSSR count). The fraction of sp³-hybridized carbons (Fsp3) is 0.350. The second kappa shape index (κ2) is 9.28. The van der Waals surface area contributed by atoms with Crippen LogP contribution in [-0.2, 0) is 15.8 Å². The Morgan fingerprint density at radius 1 is 1.11 bits per heavy atom. The van der Waals surface area contributed by atoms with E-state index in [9.17, 15) is 13.2 Å². The number of rotatable bonds is 8. The standard InChI is InChI=1S/C20H26N2O3S2/c1-15-7-5-6-8-18(15)14-26-12-11-21-20(23)17-9-10-19(16(2)13-17)22(3)27(4,24)25/h5-10,13H,11-12,14H2,1-4H3,(H,21,23). The predicted octanol–water partition coefficient (Wildman–Crippen LogP) is 3.36. The van der Waals surface area contributed by atoms with Crippen molar-refractivity contribution in [1.82, 2.24) is 5.32 Å². The molecule has 2 aromatic carbocycles. The molecule has 0 aliphatic heterocycles. The smallest absolute Gasteiger partial charge is 0.251 e. The number of hydrogen-bond acceptors (Lipinski definition) is 4. The molecular formula is C20H26N2O3S2. The van der Waals surface area contributed by atoms with Gasteiger partial charge in [0.15, 0.2) is 0 Å². The number of anilines is 1. The van der Waals surface area contributed by atoms with Crippen molar-refractivity contribution >= 4 is 33.4 Å². The molecule has 27 heavy (non-hydrogen) atoms. The average molecular weight is 407 g/mol. The summed E-state index contributed by atoms with van der Waals surface area (Å²) in [7, 11) is -1.82. The third-order valence-electron chi connectivity index (χ3n) is 4.35. The summed E-state index contributed by atoms with van der Waals surface area (Å²) in [5, 5.41) is 2.91. The largest absolute Gasteiger partial charge is 0.351 e. The summed E-state index contributed by atoms with van der Waals surface area (Å²) >= 11 is 1.78. The molecule has 0 saturated heterocycles. The summed E-state index contributed by atoms with van der Waals surface area (Å²) in [5.41, 5.74) is 4.44. The van der Waals surface area contributed by atoms with E-state index in [0.717, 1.165) is 23.3 Å². The van der Waals surface area contributed by atoms with Crippen molar-refractivity contribution < 1.29 is 13.2 Å². The number of sulfonamides is 1. The van der Waals surface area contributed by atoms with Crippen LogP contribution in [0.3, 0.4) is 0 Å². The van der Waals surface area contributed by atoms with E-state index >= 15 is 0 Å². The van der Waals surface area contributed by atoms with Crippen LogP contribution in [0.2, 0.25) is 0 Å². The van der Waals surface area contributed by atoms with E-state index in [1.54, 1.807) is 36.9 Å². The Labute approximate surface area is 166 Å². The zero-order chi connectivity index (χ0) is 20.0. The molecule has 0 bridgehead atoms. The minimum atomic E-state index is -3.33. The zero-order valence-electron chi connectivity index (χ0n) is 16.2. The van der Waals surface area contributed by atoms with E-state index in [2.05, 4.69) is 24.4 Å². The maximum absolute atomic E-state index is 12.3. The Balaban J connectivity index is 1.86. The fourth-order valence-electron chi connectivity index (χ4n) is 2.62. The first-order valence-electron chi connectivity index (χ1n) is 8.65. The van der Waals surface area contributed by atoms with Crippen LogP contribution in [-0.4, -0.2) is 39.9 Å². The van der Waals surface area contributed by atoms with E-state index in [1.165, 1.54) is 22.5 Å². The van der Waals surface area contributed by atoms with Gasteiger partial charge in [-0.05, 0) is 48.7 Å². The Morgan fingerprint density at radius 3 is 2.44 bits per heavy atom. The summed E-state index contributed by atoms with van der Waals surface area (Å²) in [6.07, 6.45) is 1.15. The Morgan fingerprint density at radius 2 is 1.81 bits per heavy atom. The van der Waals surface area contributed by atoms with Crippen molar-refractivity contribution in [3.05, 3.63) is 64.7 Å². The molecule has 0 fully saturated rings. The maximum Gasteiger partial charge on any atom is 0.251 e. The number of carbonyl (C=O) groups is 1. The fourth-order valence-corrected chi connectivity index (χ4v) is 4.12. The van der Waals surface area contributed by atoms with Gasteiger partial charge >= 0.3 is 0 Å². The zero-order valence-corrected chi connectivity index (χ0v) is 17.8. The van der Waals surface area contributed by atoms with Crippen LogP contribution >= 0.6 is 11.8 Å². The average Bonchev–Trinajstić information content (AvgIpc) is 2.61. The molecule has 0 radical (unpaired) electrons. The second-order valence-electron chi connectivity index (χ2n) is 6.47. The van der Waals surface area contributed by atoms with Gasteiger partial charge in [0.2, 0.25) is 10.0 Å². The molecule has 0 atom stereocenters. The quantitative estimate of drug-likeness (QED) is 0.683. The summed E-state index contributed by atoms with van der Waals surface area (Å²) in [5.74, 6) is 1.60.